The van der Waals surface area contributed by atoms with E-state index in [0.717, 1.165) is 16.0 Å². The highest BCUT2D eigenvalue weighted by Crippen LogP contribution is 2.48. The number of nitrogens with zero attached hydrogens (tertiary/aromatic N) is 1. The molecule has 1 saturated heterocycles. The zero-order valence-electron chi connectivity index (χ0n) is 13.9. The number of hydrogen-bond donors (Lipinski definition) is 0. The molecular formula is C19H15BrCl3NO3. The van der Waals surface area contributed by atoms with Gasteiger partial charge < -0.3 is 4.74 Å². The van der Waals surface area contributed by atoms with Gasteiger partial charge in [-0.2, -0.15) is 0 Å². The second-order valence-electron chi connectivity index (χ2n) is 6.04. The van der Waals surface area contributed by atoms with E-state index in [-0.39, 0.29) is 6.61 Å². The van der Waals surface area contributed by atoms with E-state index in [1.807, 2.05) is 60.7 Å². The van der Waals surface area contributed by atoms with Gasteiger partial charge in [0.05, 0.1) is 4.83 Å². The molecule has 0 aliphatic carbocycles. The van der Waals surface area contributed by atoms with Gasteiger partial charge in [0, 0.05) is 0 Å². The number of imide groups is 1. The zero-order chi connectivity index (χ0) is 19.6. The van der Waals surface area contributed by atoms with E-state index < -0.39 is 32.6 Å². The van der Waals surface area contributed by atoms with Crippen LogP contribution in [0.5, 0.6) is 0 Å². The average Bonchev–Trinajstić information content (AvgIpc) is 3.03. The van der Waals surface area contributed by atoms with Gasteiger partial charge in [0.2, 0.25) is 9.70 Å². The van der Waals surface area contributed by atoms with Crippen LogP contribution in [0.3, 0.4) is 0 Å². The maximum Gasteiger partial charge on any atom is 0.417 e. The smallest absolute Gasteiger partial charge is 0.417 e. The molecule has 0 aromatic heterocycles. The van der Waals surface area contributed by atoms with Crippen molar-refractivity contribution >= 4 is 62.7 Å². The van der Waals surface area contributed by atoms with E-state index in [2.05, 4.69) is 15.9 Å². The van der Waals surface area contributed by atoms with Gasteiger partial charge in [-0.25, -0.2) is 9.69 Å². The summed E-state index contributed by atoms with van der Waals surface area (Å²) in [5.74, 6) is -1.75. The van der Waals surface area contributed by atoms with Crippen molar-refractivity contribution in [1.82, 2.24) is 4.90 Å². The Kier molecular flexibility index (Phi) is 6.36. The third-order valence-electron chi connectivity index (χ3n) is 4.32. The highest BCUT2D eigenvalue weighted by atomic mass is 79.9. The molecule has 1 aliphatic heterocycles. The lowest BCUT2D eigenvalue weighted by Crippen LogP contribution is -2.44. The van der Waals surface area contributed by atoms with Gasteiger partial charge in [-0.05, 0) is 11.1 Å². The molecule has 8 heteroatoms. The molecular weight excluding hydrogens is 476 g/mol. The van der Waals surface area contributed by atoms with E-state index in [1.165, 1.54) is 0 Å². The van der Waals surface area contributed by atoms with Crippen molar-refractivity contribution in [3.63, 3.8) is 0 Å². The topological polar surface area (TPSA) is 46.6 Å². The van der Waals surface area contributed by atoms with E-state index in [1.54, 1.807) is 0 Å². The van der Waals surface area contributed by atoms with Gasteiger partial charge in [0.25, 0.3) is 0 Å². The van der Waals surface area contributed by atoms with Gasteiger partial charge in [-0.3, -0.25) is 4.79 Å². The minimum Gasteiger partial charge on any atom is -0.446 e. The van der Waals surface area contributed by atoms with Gasteiger partial charge >= 0.3 is 6.09 Å². The zero-order valence-corrected chi connectivity index (χ0v) is 17.8. The summed E-state index contributed by atoms with van der Waals surface area (Å²) in [6.07, 6.45) is -0.749. The predicted molar refractivity (Wildman–Crippen MR) is 109 cm³/mol. The molecule has 0 unspecified atom stereocenters. The van der Waals surface area contributed by atoms with Crippen LogP contribution >= 0.6 is 50.7 Å². The van der Waals surface area contributed by atoms with E-state index in [9.17, 15) is 9.59 Å². The van der Waals surface area contributed by atoms with Crippen LogP contribution < -0.4 is 0 Å². The normalized spacial score (nSPS) is 19.5. The van der Waals surface area contributed by atoms with Gasteiger partial charge in [0.15, 0.2) is 0 Å². The number of carbonyl (C=O) groups is 2. The molecule has 1 heterocycles. The number of rotatable bonds is 4. The first-order valence-electron chi connectivity index (χ1n) is 8.11. The van der Waals surface area contributed by atoms with Crippen LogP contribution in [-0.4, -0.2) is 27.3 Å². The fourth-order valence-corrected chi connectivity index (χ4v) is 5.04. The molecule has 142 valence electrons. The Labute approximate surface area is 180 Å². The fourth-order valence-electron chi connectivity index (χ4n) is 3.00. The van der Waals surface area contributed by atoms with Crippen LogP contribution in [0.4, 0.5) is 4.79 Å². The van der Waals surface area contributed by atoms with E-state index in [0.29, 0.717) is 0 Å². The maximum atomic E-state index is 13.3. The quantitative estimate of drug-likeness (QED) is 0.506. The molecule has 3 atom stereocenters. The van der Waals surface area contributed by atoms with Gasteiger partial charge in [-0.1, -0.05) is 111 Å². The number of cyclic esters (lactones) is 1. The summed E-state index contributed by atoms with van der Waals surface area (Å²) in [5, 5.41) is 0. The Morgan fingerprint density at radius 1 is 1.07 bits per heavy atom. The Bertz CT molecular complexity index is 814. The fraction of sp³-hybridized carbons (Fsp3) is 0.263. The standard InChI is InChI=1S/C19H15BrCl3NO3/c20-16(13-9-5-2-6-10-13)15(19(21,22)23)17(25)24-14(11-27-18(24)26)12-7-3-1-4-8-12/h1-10,14-16H,11H2/t14-,15-,16+/m0/s1. The van der Waals surface area contributed by atoms with Crippen molar-refractivity contribution in [2.75, 3.05) is 6.61 Å². The molecule has 0 spiro atoms. The minimum atomic E-state index is -1.94. The van der Waals surface area contributed by atoms with Crippen LogP contribution in [0.2, 0.25) is 0 Å². The Morgan fingerprint density at radius 2 is 1.63 bits per heavy atom. The molecule has 3 rings (SSSR count). The van der Waals surface area contributed by atoms with Gasteiger partial charge in [0.1, 0.15) is 18.6 Å². The lowest BCUT2D eigenvalue weighted by atomic mass is 9.97. The monoisotopic (exact) mass is 489 g/mol. The molecule has 2 aromatic carbocycles. The number of alkyl halides is 4. The average molecular weight is 492 g/mol. The molecule has 2 amide bonds. The molecule has 2 aromatic rings. The summed E-state index contributed by atoms with van der Waals surface area (Å²) >= 11 is 22.0. The summed E-state index contributed by atoms with van der Waals surface area (Å²) in [6.45, 7) is 0.0550. The van der Waals surface area contributed by atoms with E-state index >= 15 is 0 Å². The summed E-state index contributed by atoms with van der Waals surface area (Å²) < 4.78 is 3.18. The molecule has 0 N–H and O–H groups in total. The first-order valence-corrected chi connectivity index (χ1v) is 10.2. The van der Waals surface area contributed by atoms with Crippen molar-refractivity contribution < 1.29 is 14.3 Å². The van der Waals surface area contributed by atoms with Crippen LogP contribution in [0.15, 0.2) is 60.7 Å². The predicted octanol–water partition coefficient (Wildman–Crippen LogP) is 5.83. The van der Waals surface area contributed by atoms with Crippen molar-refractivity contribution in [1.29, 1.82) is 0 Å². The Morgan fingerprint density at radius 3 is 2.19 bits per heavy atom. The number of halogens is 4. The summed E-state index contributed by atoms with van der Waals surface area (Å²) in [5.41, 5.74) is 1.52. The highest BCUT2D eigenvalue weighted by Gasteiger charge is 2.50. The number of amides is 2. The Balaban J connectivity index is 1.97. The van der Waals surface area contributed by atoms with Crippen LogP contribution in [0.25, 0.3) is 0 Å². The lowest BCUT2D eigenvalue weighted by Gasteiger charge is -2.32. The largest absolute Gasteiger partial charge is 0.446 e. The second kappa shape index (κ2) is 8.39. The van der Waals surface area contributed by atoms with Crippen molar-refractivity contribution in [3.05, 3.63) is 71.8 Å². The summed E-state index contributed by atoms with van der Waals surface area (Å²) in [6, 6.07) is 17.7. The second-order valence-corrected chi connectivity index (χ2v) is 9.40. The number of benzene rings is 2. The molecule has 0 saturated carbocycles. The number of carbonyl (C=O) groups excluding carboxylic acids is 2. The van der Waals surface area contributed by atoms with Gasteiger partial charge in [-0.15, -0.1) is 0 Å². The first-order chi connectivity index (χ1) is 12.8. The van der Waals surface area contributed by atoms with Crippen LogP contribution in [0, 0.1) is 5.92 Å². The van der Waals surface area contributed by atoms with Crippen molar-refractivity contribution in [2.45, 2.75) is 14.7 Å². The minimum absolute atomic E-state index is 0.0550. The highest BCUT2D eigenvalue weighted by molar-refractivity contribution is 9.09. The summed E-state index contributed by atoms with van der Waals surface area (Å²) in [4.78, 5) is 26.1. The van der Waals surface area contributed by atoms with Crippen LogP contribution in [-0.2, 0) is 9.53 Å². The first kappa shape index (κ1) is 20.5. The third-order valence-corrected chi connectivity index (χ3v) is 6.09. The maximum absolute atomic E-state index is 13.3. The molecule has 0 bridgehead atoms. The third kappa shape index (κ3) is 4.43. The number of ether oxygens (including phenoxy) is 1. The molecule has 0 radical (unpaired) electrons. The molecule has 1 fully saturated rings. The SMILES string of the molecule is O=C1OC[C@@H](c2ccccc2)N1C(=O)[C@H]([C@H](Br)c1ccccc1)C(Cl)(Cl)Cl. The van der Waals surface area contributed by atoms with E-state index in [4.69, 9.17) is 39.5 Å². The lowest BCUT2D eigenvalue weighted by molar-refractivity contribution is -0.133. The molecule has 1 aliphatic rings. The summed E-state index contributed by atoms with van der Waals surface area (Å²) in [7, 11) is 0. The van der Waals surface area contributed by atoms with Crippen LogP contribution in [0.1, 0.15) is 22.0 Å². The van der Waals surface area contributed by atoms with Crippen molar-refractivity contribution in [2.24, 2.45) is 5.92 Å². The molecule has 4 nitrogen and oxygen atoms in total. The Hall–Kier alpha value is -1.27. The van der Waals surface area contributed by atoms with Crippen molar-refractivity contribution in [3.8, 4) is 0 Å². The number of hydrogen-bond acceptors (Lipinski definition) is 3. The molecule has 27 heavy (non-hydrogen) atoms.